The van der Waals surface area contributed by atoms with Gasteiger partial charge in [-0.25, -0.2) is 0 Å². The second-order valence-electron chi connectivity index (χ2n) is 8.77. The summed E-state index contributed by atoms with van der Waals surface area (Å²) in [6.07, 6.45) is 6.03. The van der Waals surface area contributed by atoms with E-state index in [2.05, 4.69) is 88.5 Å². The van der Waals surface area contributed by atoms with Gasteiger partial charge in [0.05, 0.1) is 6.61 Å². The summed E-state index contributed by atoms with van der Waals surface area (Å²) >= 11 is 0. The number of unbranched alkanes of at least 4 members (excludes halogenated alkanes) is 3. The largest absolute Gasteiger partial charge is 0.494 e. The molecule has 154 valence electrons. The normalized spacial score (nSPS) is 12.8. The molecule has 0 saturated heterocycles. The summed E-state index contributed by atoms with van der Waals surface area (Å²) in [7, 11) is 0. The van der Waals surface area contributed by atoms with E-state index < -0.39 is 0 Å². The molecule has 0 bridgehead atoms. The Bertz CT molecular complexity index is 667. The van der Waals surface area contributed by atoms with Crippen molar-refractivity contribution in [3.63, 3.8) is 0 Å². The molecule has 0 spiro atoms. The molecule has 0 aliphatic carbocycles. The smallest absolute Gasteiger partial charge is 0.119 e. The predicted octanol–water partition coefficient (Wildman–Crippen LogP) is 7.18. The van der Waals surface area contributed by atoms with Gasteiger partial charge in [0.25, 0.3) is 0 Å². The molecule has 0 heterocycles. The number of rotatable bonds is 11. The van der Waals surface area contributed by atoms with Crippen molar-refractivity contribution in [1.82, 2.24) is 5.32 Å². The molecule has 2 aromatic carbocycles. The van der Waals surface area contributed by atoms with Crippen molar-refractivity contribution in [2.75, 3.05) is 6.61 Å². The molecule has 2 rings (SSSR count). The molecular formula is C26H39NO. The SMILES string of the molecule is CCCCCCOc1ccc(C(CC)NCc2ccc(C(C)(C)C)cc2)cc1. The van der Waals surface area contributed by atoms with Gasteiger partial charge in [-0.2, -0.15) is 0 Å². The summed E-state index contributed by atoms with van der Waals surface area (Å²) < 4.78 is 5.87. The predicted molar refractivity (Wildman–Crippen MR) is 121 cm³/mol. The quantitative estimate of drug-likeness (QED) is 0.416. The molecular weight excluding hydrogens is 342 g/mol. The van der Waals surface area contributed by atoms with E-state index >= 15 is 0 Å². The second kappa shape index (κ2) is 11.3. The molecule has 0 amide bonds. The maximum Gasteiger partial charge on any atom is 0.119 e. The Morgan fingerprint density at radius 1 is 0.857 bits per heavy atom. The first-order chi connectivity index (χ1) is 13.4. The topological polar surface area (TPSA) is 21.3 Å². The zero-order chi connectivity index (χ0) is 20.4. The molecule has 0 aromatic heterocycles. The summed E-state index contributed by atoms with van der Waals surface area (Å²) in [5.41, 5.74) is 4.25. The highest BCUT2D eigenvalue weighted by Crippen LogP contribution is 2.23. The molecule has 1 N–H and O–H groups in total. The van der Waals surface area contributed by atoms with E-state index in [1.165, 1.54) is 36.0 Å². The highest BCUT2D eigenvalue weighted by Gasteiger charge is 2.13. The van der Waals surface area contributed by atoms with Crippen LogP contribution in [0.25, 0.3) is 0 Å². The number of hydrogen-bond donors (Lipinski definition) is 1. The van der Waals surface area contributed by atoms with E-state index in [1.807, 2.05) is 0 Å². The number of hydrogen-bond acceptors (Lipinski definition) is 2. The van der Waals surface area contributed by atoms with Gasteiger partial charge in [-0.3, -0.25) is 0 Å². The minimum Gasteiger partial charge on any atom is -0.494 e. The molecule has 0 radical (unpaired) electrons. The molecule has 1 unspecified atom stereocenters. The molecule has 0 aliphatic heterocycles. The van der Waals surface area contributed by atoms with Crippen molar-refractivity contribution in [3.05, 3.63) is 65.2 Å². The third-order valence-corrected chi connectivity index (χ3v) is 5.33. The maximum absolute atomic E-state index is 5.87. The lowest BCUT2D eigenvalue weighted by molar-refractivity contribution is 0.305. The Morgan fingerprint density at radius 2 is 1.54 bits per heavy atom. The van der Waals surface area contributed by atoms with Crippen LogP contribution >= 0.6 is 0 Å². The van der Waals surface area contributed by atoms with E-state index in [9.17, 15) is 0 Å². The van der Waals surface area contributed by atoms with Gasteiger partial charge in [0.15, 0.2) is 0 Å². The lowest BCUT2D eigenvalue weighted by Gasteiger charge is -2.20. The first-order valence-corrected chi connectivity index (χ1v) is 11.0. The minimum atomic E-state index is 0.206. The van der Waals surface area contributed by atoms with Crippen LogP contribution in [0.2, 0.25) is 0 Å². The van der Waals surface area contributed by atoms with Crippen LogP contribution in [0.3, 0.4) is 0 Å². The molecule has 28 heavy (non-hydrogen) atoms. The van der Waals surface area contributed by atoms with Crippen molar-refractivity contribution in [2.24, 2.45) is 0 Å². The summed E-state index contributed by atoms with van der Waals surface area (Å²) in [5, 5.41) is 3.71. The molecule has 2 nitrogen and oxygen atoms in total. The fourth-order valence-corrected chi connectivity index (χ4v) is 3.38. The van der Waals surface area contributed by atoms with Crippen LogP contribution in [0, 0.1) is 0 Å². The van der Waals surface area contributed by atoms with Gasteiger partial charge < -0.3 is 10.1 Å². The first kappa shape index (κ1) is 22.5. The lowest BCUT2D eigenvalue weighted by atomic mass is 9.87. The van der Waals surface area contributed by atoms with Crippen molar-refractivity contribution >= 4 is 0 Å². The zero-order valence-electron chi connectivity index (χ0n) is 18.6. The van der Waals surface area contributed by atoms with E-state index in [4.69, 9.17) is 4.74 Å². The van der Waals surface area contributed by atoms with Crippen LogP contribution in [-0.4, -0.2) is 6.61 Å². The van der Waals surface area contributed by atoms with Crippen molar-refractivity contribution < 1.29 is 4.74 Å². The third kappa shape index (κ3) is 7.31. The highest BCUT2D eigenvalue weighted by atomic mass is 16.5. The Hall–Kier alpha value is -1.80. The van der Waals surface area contributed by atoms with E-state index in [0.717, 1.165) is 31.7 Å². The number of benzene rings is 2. The van der Waals surface area contributed by atoms with Crippen molar-refractivity contribution in [1.29, 1.82) is 0 Å². The second-order valence-corrected chi connectivity index (χ2v) is 8.77. The summed E-state index contributed by atoms with van der Waals surface area (Å²) in [6, 6.07) is 18.0. The molecule has 2 aromatic rings. The van der Waals surface area contributed by atoms with E-state index in [1.54, 1.807) is 0 Å². The average Bonchev–Trinajstić information content (AvgIpc) is 2.69. The van der Waals surface area contributed by atoms with Crippen LogP contribution in [-0.2, 0) is 12.0 Å². The Labute approximate surface area is 172 Å². The molecule has 0 fully saturated rings. The summed E-state index contributed by atoms with van der Waals surface area (Å²) in [4.78, 5) is 0. The summed E-state index contributed by atoms with van der Waals surface area (Å²) in [6.45, 7) is 12.9. The zero-order valence-corrected chi connectivity index (χ0v) is 18.6. The van der Waals surface area contributed by atoms with Gasteiger partial charge >= 0.3 is 0 Å². The van der Waals surface area contributed by atoms with Crippen molar-refractivity contribution in [3.8, 4) is 5.75 Å². The van der Waals surface area contributed by atoms with Crippen LogP contribution in [0.15, 0.2) is 48.5 Å². The van der Waals surface area contributed by atoms with Gasteiger partial charge in [0.2, 0.25) is 0 Å². The summed E-state index contributed by atoms with van der Waals surface area (Å²) in [5.74, 6) is 0.980. The van der Waals surface area contributed by atoms with Crippen LogP contribution in [0.1, 0.15) is 89.5 Å². The molecule has 2 heteroatoms. The van der Waals surface area contributed by atoms with Gasteiger partial charge in [0, 0.05) is 12.6 Å². The molecule has 0 aliphatic rings. The fraction of sp³-hybridized carbons (Fsp3) is 0.538. The van der Waals surface area contributed by atoms with Crippen molar-refractivity contribution in [2.45, 2.75) is 84.7 Å². The van der Waals surface area contributed by atoms with Crippen LogP contribution < -0.4 is 10.1 Å². The number of ether oxygens (including phenoxy) is 1. The van der Waals surface area contributed by atoms with Crippen LogP contribution in [0.4, 0.5) is 0 Å². The van der Waals surface area contributed by atoms with E-state index in [-0.39, 0.29) is 5.41 Å². The van der Waals surface area contributed by atoms with E-state index in [0.29, 0.717) is 6.04 Å². The third-order valence-electron chi connectivity index (χ3n) is 5.33. The molecule has 1 atom stereocenters. The Balaban J connectivity index is 1.85. The van der Waals surface area contributed by atoms with Crippen LogP contribution in [0.5, 0.6) is 5.75 Å². The maximum atomic E-state index is 5.87. The fourth-order valence-electron chi connectivity index (χ4n) is 3.38. The highest BCUT2D eigenvalue weighted by molar-refractivity contribution is 5.30. The van der Waals surface area contributed by atoms with Gasteiger partial charge in [-0.05, 0) is 47.1 Å². The molecule has 0 saturated carbocycles. The minimum absolute atomic E-state index is 0.206. The Kier molecular flexibility index (Phi) is 9.05. The monoisotopic (exact) mass is 381 g/mol. The van der Waals surface area contributed by atoms with Gasteiger partial charge in [-0.1, -0.05) is 90.3 Å². The lowest BCUT2D eigenvalue weighted by Crippen LogP contribution is -2.20. The van der Waals surface area contributed by atoms with Gasteiger partial charge in [-0.15, -0.1) is 0 Å². The number of nitrogens with one attached hydrogen (secondary N) is 1. The van der Waals surface area contributed by atoms with Gasteiger partial charge in [0.1, 0.15) is 5.75 Å². The standard InChI is InChI=1S/C26H39NO/c1-6-8-9-10-19-28-24-17-13-22(14-18-24)25(7-2)27-20-21-11-15-23(16-12-21)26(3,4)5/h11-18,25,27H,6-10,19-20H2,1-5H3. The first-order valence-electron chi connectivity index (χ1n) is 11.0. The average molecular weight is 382 g/mol. The Morgan fingerprint density at radius 3 is 2.11 bits per heavy atom.